The molecule has 0 spiro atoms. The Balaban J connectivity index is 1.86. The molecule has 1 fully saturated rings. The molecule has 7 heteroatoms. The molecule has 3 rings (SSSR count). The predicted octanol–water partition coefficient (Wildman–Crippen LogP) is 1.42. The molecule has 0 aliphatic carbocycles. The van der Waals surface area contributed by atoms with E-state index in [1.54, 1.807) is 4.68 Å². The number of hydrogen-bond acceptors (Lipinski definition) is 5. The SMILES string of the molecule is N#Cc1c(NC2CNC2)nn(Cc2cccc(Cl)c2)c1N. The zero-order chi connectivity index (χ0) is 14.8. The summed E-state index contributed by atoms with van der Waals surface area (Å²) in [5, 5.41) is 20.7. The van der Waals surface area contributed by atoms with E-state index in [2.05, 4.69) is 21.8 Å². The van der Waals surface area contributed by atoms with Crippen LogP contribution in [-0.4, -0.2) is 28.9 Å². The highest BCUT2D eigenvalue weighted by molar-refractivity contribution is 6.30. The normalized spacial score (nSPS) is 14.5. The van der Waals surface area contributed by atoms with E-state index in [1.165, 1.54) is 0 Å². The fraction of sp³-hybridized carbons (Fsp3) is 0.286. The third kappa shape index (κ3) is 2.79. The van der Waals surface area contributed by atoms with E-state index < -0.39 is 0 Å². The Kier molecular flexibility index (Phi) is 3.69. The number of rotatable bonds is 4. The third-order valence-electron chi connectivity index (χ3n) is 3.45. The fourth-order valence-corrected chi connectivity index (χ4v) is 2.41. The molecule has 1 aliphatic heterocycles. The lowest BCUT2D eigenvalue weighted by molar-refractivity contribution is 0.470. The Morgan fingerprint density at radius 2 is 2.33 bits per heavy atom. The van der Waals surface area contributed by atoms with Crippen molar-refractivity contribution in [1.29, 1.82) is 5.26 Å². The maximum Gasteiger partial charge on any atom is 0.168 e. The van der Waals surface area contributed by atoms with Crippen molar-refractivity contribution in [1.82, 2.24) is 15.1 Å². The summed E-state index contributed by atoms with van der Waals surface area (Å²) in [6.45, 7) is 2.21. The van der Waals surface area contributed by atoms with Crippen LogP contribution in [0.1, 0.15) is 11.1 Å². The molecular formula is C14H15ClN6. The first-order chi connectivity index (χ1) is 10.2. The van der Waals surface area contributed by atoms with E-state index in [0.29, 0.717) is 34.8 Å². The van der Waals surface area contributed by atoms with Crippen LogP contribution in [-0.2, 0) is 6.54 Å². The minimum atomic E-state index is 0.297. The number of aromatic nitrogens is 2. The van der Waals surface area contributed by atoms with Gasteiger partial charge in [0.05, 0.1) is 12.6 Å². The second-order valence-electron chi connectivity index (χ2n) is 5.01. The number of nitrogens with two attached hydrogens (primary N) is 1. The van der Waals surface area contributed by atoms with Crippen molar-refractivity contribution in [2.75, 3.05) is 24.1 Å². The number of benzene rings is 1. The third-order valence-corrected chi connectivity index (χ3v) is 3.68. The zero-order valence-electron chi connectivity index (χ0n) is 11.3. The summed E-state index contributed by atoms with van der Waals surface area (Å²) in [4.78, 5) is 0. The van der Waals surface area contributed by atoms with Gasteiger partial charge in [-0.05, 0) is 17.7 Å². The van der Waals surface area contributed by atoms with Gasteiger partial charge >= 0.3 is 0 Å². The van der Waals surface area contributed by atoms with Gasteiger partial charge in [-0.3, -0.25) is 0 Å². The van der Waals surface area contributed by atoms with Gasteiger partial charge in [-0.2, -0.15) is 10.4 Å². The first kappa shape index (κ1) is 13.7. The van der Waals surface area contributed by atoms with Crippen molar-refractivity contribution in [2.24, 2.45) is 0 Å². The number of nitrogens with zero attached hydrogens (tertiary/aromatic N) is 3. The molecule has 21 heavy (non-hydrogen) atoms. The van der Waals surface area contributed by atoms with Crippen LogP contribution < -0.4 is 16.4 Å². The summed E-state index contributed by atoms with van der Waals surface area (Å²) in [7, 11) is 0. The molecule has 2 heterocycles. The van der Waals surface area contributed by atoms with Gasteiger partial charge in [-0.15, -0.1) is 0 Å². The topological polar surface area (TPSA) is 91.7 Å². The van der Waals surface area contributed by atoms with Gasteiger partial charge in [0.15, 0.2) is 5.82 Å². The molecule has 6 nitrogen and oxygen atoms in total. The zero-order valence-corrected chi connectivity index (χ0v) is 12.1. The van der Waals surface area contributed by atoms with Gasteiger partial charge in [0.25, 0.3) is 0 Å². The summed E-state index contributed by atoms with van der Waals surface area (Å²) in [5.41, 5.74) is 7.40. The Morgan fingerprint density at radius 1 is 1.52 bits per heavy atom. The van der Waals surface area contributed by atoms with E-state index >= 15 is 0 Å². The van der Waals surface area contributed by atoms with E-state index in [9.17, 15) is 5.26 Å². The Labute approximate surface area is 127 Å². The van der Waals surface area contributed by atoms with Crippen LogP contribution in [0, 0.1) is 11.3 Å². The van der Waals surface area contributed by atoms with E-state index in [1.807, 2.05) is 24.3 Å². The van der Waals surface area contributed by atoms with Crippen molar-refractivity contribution >= 4 is 23.2 Å². The number of anilines is 2. The Morgan fingerprint density at radius 3 is 2.95 bits per heavy atom. The van der Waals surface area contributed by atoms with Gasteiger partial charge < -0.3 is 16.4 Å². The van der Waals surface area contributed by atoms with Crippen molar-refractivity contribution in [3.63, 3.8) is 0 Å². The lowest BCUT2D eigenvalue weighted by Crippen LogP contribution is -2.51. The molecule has 1 saturated heterocycles. The van der Waals surface area contributed by atoms with Crippen LogP contribution in [0.3, 0.4) is 0 Å². The molecule has 1 aromatic heterocycles. The minimum absolute atomic E-state index is 0.297. The van der Waals surface area contributed by atoms with Gasteiger partial charge in [-0.25, -0.2) is 4.68 Å². The standard InChI is InChI=1S/C14H15ClN6/c15-10-3-1-2-9(4-10)8-21-13(17)12(5-16)14(20-21)19-11-6-18-7-11/h1-4,11,18H,6-8,17H2,(H,19,20). The Bertz CT molecular complexity index is 698. The molecule has 2 aromatic rings. The highest BCUT2D eigenvalue weighted by Gasteiger charge is 2.22. The largest absolute Gasteiger partial charge is 0.383 e. The van der Waals surface area contributed by atoms with Crippen molar-refractivity contribution in [3.05, 3.63) is 40.4 Å². The summed E-state index contributed by atoms with van der Waals surface area (Å²) >= 11 is 5.98. The second-order valence-corrected chi connectivity index (χ2v) is 5.44. The first-order valence-electron chi connectivity index (χ1n) is 6.65. The number of nitriles is 1. The predicted molar refractivity (Wildman–Crippen MR) is 82.2 cm³/mol. The monoisotopic (exact) mass is 302 g/mol. The number of hydrogen-bond donors (Lipinski definition) is 3. The summed E-state index contributed by atoms with van der Waals surface area (Å²) < 4.78 is 1.62. The molecule has 0 saturated carbocycles. The van der Waals surface area contributed by atoms with E-state index in [4.69, 9.17) is 17.3 Å². The van der Waals surface area contributed by atoms with Gasteiger partial charge in [-0.1, -0.05) is 23.7 Å². The highest BCUT2D eigenvalue weighted by atomic mass is 35.5. The van der Waals surface area contributed by atoms with Crippen molar-refractivity contribution < 1.29 is 0 Å². The van der Waals surface area contributed by atoms with Crippen LogP contribution in [0.4, 0.5) is 11.6 Å². The average molecular weight is 303 g/mol. The molecule has 0 radical (unpaired) electrons. The van der Waals surface area contributed by atoms with Crippen LogP contribution in [0.15, 0.2) is 24.3 Å². The average Bonchev–Trinajstić information content (AvgIpc) is 2.70. The smallest absolute Gasteiger partial charge is 0.168 e. The molecule has 0 unspecified atom stereocenters. The molecule has 1 aliphatic rings. The molecule has 108 valence electrons. The molecular weight excluding hydrogens is 288 g/mol. The van der Waals surface area contributed by atoms with E-state index in [0.717, 1.165) is 18.7 Å². The van der Waals surface area contributed by atoms with Crippen molar-refractivity contribution in [2.45, 2.75) is 12.6 Å². The fourth-order valence-electron chi connectivity index (χ4n) is 2.20. The lowest BCUT2D eigenvalue weighted by Gasteiger charge is -2.27. The number of nitrogen functional groups attached to an aromatic ring is 1. The number of nitrogens with one attached hydrogen (secondary N) is 2. The first-order valence-corrected chi connectivity index (χ1v) is 7.03. The highest BCUT2D eigenvalue weighted by Crippen LogP contribution is 2.23. The molecule has 4 N–H and O–H groups in total. The maximum atomic E-state index is 9.27. The summed E-state index contributed by atoms with van der Waals surface area (Å²) in [6, 6.07) is 9.91. The molecule has 1 aromatic carbocycles. The van der Waals surface area contributed by atoms with Gasteiger partial charge in [0.2, 0.25) is 0 Å². The maximum absolute atomic E-state index is 9.27. The van der Waals surface area contributed by atoms with Crippen LogP contribution in [0.2, 0.25) is 5.02 Å². The summed E-state index contributed by atoms with van der Waals surface area (Å²) in [6.07, 6.45) is 0. The Hall–Kier alpha value is -2.23. The van der Waals surface area contributed by atoms with Crippen LogP contribution in [0.5, 0.6) is 0 Å². The second kappa shape index (κ2) is 5.64. The van der Waals surface area contributed by atoms with Gasteiger partial charge in [0, 0.05) is 18.1 Å². The summed E-state index contributed by atoms with van der Waals surface area (Å²) in [5.74, 6) is 0.913. The minimum Gasteiger partial charge on any atom is -0.383 e. The van der Waals surface area contributed by atoms with Gasteiger partial charge in [0.1, 0.15) is 17.5 Å². The molecule has 0 amide bonds. The lowest BCUT2D eigenvalue weighted by atomic mass is 10.2. The molecule has 0 atom stereocenters. The quantitative estimate of drug-likeness (QED) is 0.794. The van der Waals surface area contributed by atoms with Crippen LogP contribution >= 0.6 is 11.6 Å². The van der Waals surface area contributed by atoms with Crippen LogP contribution in [0.25, 0.3) is 0 Å². The molecule has 0 bridgehead atoms. The number of halogens is 1. The van der Waals surface area contributed by atoms with E-state index in [-0.39, 0.29) is 0 Å². The van der Waals surface area contributed by atoms with Crippen molar-refractivity contribution in [3.8, 4) is 6.07 Å².